The molecule has 26 heavy (non-hydrogen) atoms. The number of H-pyrrole nitrogens is 1. The van der Waals surface area contributed by atoms with Crippen molar-refractivity contribution in [1.82, 2.24) is 24.7 Å². The topological polar surface area (TPSA) is 124 Å². The van der Waals surface area contributed by atoms with Gasteiger partial charge < -0.3 is 20.8 Å². The predicted octanol–water partition coefficient (Wildman–Crippen LogP) is 2.56. The normalized spacial score (nSPS) is 10.8. The number of carbonyl (C=O) groups excluding carboxylic acids is 1. The predicted molar refractivity (Wildman–Crippen MR) is 96.0 cm³/mol. The molecule has 1 amide bonds. The number of aryl methyl sites for hydroxylation is 1. The highest BCUT2D eigenvalue weighted by molar-refractivity contribution is 5.98. The van der Waals surface area contributed by atoms with Gasteiger partial charge in [-0.2, -0.15) is 5.10 Å². The lowest BCUT2D eigenvalue weighted by Gasteiger charge is -2.08. The Morgan fingerprint density at radius 3 is 2.96 bits per heavy atom. The van der Waals surface area contributed by atoms with E-state index in [1.165, 1.54) is 0 Å². The summed E-state index contributed by atoms with van der Waals surface area (Å²) < 4.78 is 6.72. The van der Waals surface area contributed by atoms with Crippen LogP contribution in [0, 0.1) is 0 Å². The zero-order valence-corrected chi connectivity index (χ0v) is 13.8. The van der Waals surface area contributed by atoms with Crippen LogP contribution in [0.4, 0.5) is 16.4 Å². The van der Waals surface area contributed by atoms with E-state index in [1.54, 1.807) is 29.3 Å². The number of aromatic amines is 1. The molecule has 3 aromatic heterocycles. The molecule has 4 rings (SSSR count). The maximum atomic E-state index is 11.1. The molecule has 0 spiro atoms. The Kier molecular flexibility index (Phi) is 3.73. The first-order valence-corrected chi connectivity index (χ1v) is 7.76. The first kappa shape index (κ1) is 15.6. The van der Waals surface area contributed by atoms with Gasteiger partial charge in [-0.25, -0.2) is 14.8 Å². The van der Waals surface area contributed by atoms with Crippen LogP contribution in [0.25, 0.3) is 22.2 Å². The molecule has 9 nitrogen and oxygen atoms in total. The van der Waals surface area contributed by atoms with Crippen molar-refractivity contribution in [3.63, 3.8) is 0 Å². The highest BCUT2D eigenvalue weighted by Gasteiger charge is 2.13. The lowest BCUT2D eigenvalue weighted by Crippen LogP contribution is -2.16. The van der Waals surface area contributed by atoms with E-state index in [-0.39, 0.29) is 0 Å². The minimum absolute atomic E-state index is 0.365. The second kappa shape index (κ2) is 6.20. The van der Waals surface area contributed by atoms with E-state index in [0.717, 1.165) is 22.3 Å². The number of amides is 1. The van der Waals surface area contributed by atoms with E-state index in [2.05, 4.69) is 25.4 Å². The van der Waals surface area contributed by atoms with E-state index in [9.17, 15) is 4.79 Å². The van der Waals surface area contributed by atoms with Crippen LogP contribution in [0.2, 0.25) is 0 Å². The quantitative estimate of drug-likeness (QED) is 0.520. The van der Waals surface area contributed by atoms with Crippen molar-refractivity contribution in [1.29, 1.82) is 0 Å². The van der Waals surface area contributed by atoms with Gasteiger partial charge in [-0.1, -0.05) is 0 Å². The molecule has 0 fully saturated rings. The van der Waals surface area contributed by atoms with Gasteiger partial charge in [-0.15, -0.1) is 0 Å². The Balaban J connectivity index is 1.73. The SMILES string of the molecule is Cn1cc(Nc2nccc(-c3ccc(OC(N)=O)c4[nH]ccc34)n2)cn1. The van der Waals surface area contributed by atoms with Gasteiger partial charge in [0, 0.05) is 36.6 Å². The summed E-state index contributed by atoms with van der Waals surface area (Å²) in [5.41, 5.74) is 8.17. The Bertz CT molecular complexity index is 1100. The maximum absolute atomic E-state index is 11.1. The lowest BCUT2D eigenvalue weighted by molar-refractivity contribution is 0.211. The van der Waals surface area contributed by atoms with Crippen molar-refractivity contribution < 1.29 is 9.53 Å². The molecule has 4 aromatic rings. The minimum Gasteiger partial charge on any atom is -0.408 e. The van der Waals surface area contributed by atoms with Crippen LogP contribution >= 0.6 is 0 Å². The Morgan fingerprint density at radius 1 is 1.31 bits per heavy atom. The fourth-order valence-corrected chi connectivity index (χ4v) is 2.73. The molecule has 0 aliphatic rings. The molecule has 9 heteroatoms. The van der Waals surface area contributed by atoms with Crippen LogP contribution in [0.1, 0.15) is 0 Å². The third-order valence-corrected chi connectivity index (χ3v) is 3.79. The maximum Gasteiger partial charge on any atom is 0.410 e. The summed E-state index contributed by atoms with van der Waals surface area (Å²) in [5, 5.41) is 8.07. The summed E-state index contributed by atoms with van der Waals surface area (Å²) in [5.74, 6) is 0.820. The van der Waals surface area contributed by atoms with Gasteiger partial charge in [0.1, 0.15) is 0 Å². The molecule has 130 valence electrons. The van der Waals surface area contributed by atoms with Gasteiger partial charge in [0.2, 0.25) is 5.95 Å². The first-order valence-electron chi connectivity index (χ1n) is 7.76. The molecule has 3 heterocycles. The number of benzene rings is 1. The largest absolute Gasteiger partial charge is 0.410 e. The van der Waals surface area contributed by atoms with Crippen LogP contribution in [0.15, 0.2) is 49.1 Å². The molecule has 4 N–H and O–H groups in total. The zero-order chi connectivity index (χ0) is 18.1. The lowest BCUT2D eigenvalue weighted by atomic mass is 10.1. The highest BCUT2D eigenvalue weighted by atomic mass is 16.5. The van der Waals surface area contributed by atoms with Gasteiger partial charge >= 0.3 is 6.09 Å². The number of aromatic nitrogens is 5. The van der Waals surface area contributed by atoms with Crippen LogP contribution in [0.5, 0.6) is 5.75 Å². The number of primary amides is 1. The molecular formula is C17H15N7O2. The number of nitrogens with zero attached hydrogens (tertiary/aromatic N) is 4. The second-order valence-electron chi connectivity index (χ2n) is 5.59. The van der Waals surface area contributed by atoms with Gasteiger partial charge in [0.25, 0.3) is 0 Å². The zero-order valence-electron chi connectivity index (χ0n) is 13.8. The number of hydrogen-bond acceptors (Lipinski definition) is 6. The number of fused-ring (bicyclic) bond motifs is 1. The third kappa shape index (κ3) is 2.93. The number of nitrogens with one attached hydrogen (secondary N) is 2. The number of nitrogens with two attached hydrogens (primary N) is 1. The molecule has 0 atom stereocenters. The number of anilines is 2. The summed E-state index contributed by atoms with van der Waals surface area (Å²) in [7, 11) is 1.83. The van der Waals surface area contributed by atoms with Crippen molar-refractivity contribution in [3.8, 4) is 17.0 Å². The number of carbonyl (C=O) groups is 1. The summed E-state index contributed by atoms with van der Waals surface area (Å²) in [6, 6.07) is 7.19. The van der Waals surface area contributed by atoms with Crippen LogP contribution in [-0.4, -0.2) is 30.8 Å². The standard InChI is InChI=1S/C17H15N7O2/c1-24-9-10(8-21-24)22-17-20-7-5-13(23-17)11-2-3-14(26-16(18)25)15-12(11)4-6-19-15/h2-9,19H,1H3,(H2,18,25)(H,20,22,23). The van der Waals surface area contributed by atoms with E-state index >= 15 is 0 Å². The Labute approximate surface area is 147 Å². The van der Waals surface area contributed by atoms with Crippen molar-refractivity contribution in [2.75, 3.05) is 5.32 Å². The molecule has 0 saturated heterocycles. The van der Waals surface area contributed by atoms with Gasteiger partial charge in [-0.05, 0) is 24.3 Å². The number of rotatable bonds is 4. The van der Waals surface area contributed by atoms with Crippen molar-refractivity contribution >= 4 is 28.6 Å². The average molecular weight is 349 g/mol. The monoisotopic (exact) mass is 349 g/mol. The number of hydrogen-bond donors (Lipinski definition) is 3. The van der Waals surface area contributed by atoms with E-state index < -0.39 is 6.09 Å². The fraction of sp³-hybridized carbons (Fsp3) is 0.0588. The smallest absolute Gasteiger partial charge is 0.408 e. The third-order valence-electron chi connectivity index (χ3n) is 3.79. The van der Waals surface area contributed by atoms with Crippen molar-refractivity contribution in [2.45, 2.75) is 0 Å². The first-order chi connectivity index (χ1) is 12.6. The van der Waals surface area contributed by atoms with Crippen LogP contribution in [-0.2, 0) is 7.05 Å². The molecular weight excluding hydrogens is 334 g/mol. The molecule has 1 aromatic carbocycles. The van der Waals surface area contributed by atoms with Gasteiger partial charge in [0.05, 0.1) is 23.1 Å². The van der Waals surface area contributed by atoms with E-state index in [4.69, 9.17) is 10.5 Å². The summed E-state index contributed by atoms with van der Waals surface area (Å²) in [6.45, 7) is 0. The minimum atomic E-state index is -0.862. The Morgan fingerprint density at radius 2 is 2.19 bits per heavy atom. The summed E-state index contributed by atoms with van der Waals surface area (Å²) in [4.78, 5) is 22.9. The summed E-state index contributed by atoms with van der Waals surface area (Å²) in [6.07, 6.45) is 6.09. The molecule has 0 unspecified atom stereocenters. The second-order valence-corrected chi connectivity index (χ2v) is 5.59. The van der Waals surface area contributed by atoms with Crippen LogP contribution < -0.4 is 15.8 Å². The van der Waals surface area contributed by atoms with Crippen molar-refractivity contribution in [2.24, 2.45) is 12.8 Å². The Hall–Kier alpha value is -3.88. The van der Waals surface area contributed by atoms with Gasteiger partial charge in [0.15, 0.2) is 5.75 Å². The molecule has 0 bridgehead atoms. The van der Waals surface area contributed by atoms with Gasteiger partial charge in [-0.3, -0.25) is 4.68 Å². The average Bonchev–Trinajstić information content (AvgIpc) is 3.24. The summed E-state index contributed by atoms with van der Waals surface area (Å²) >= 11 is 0. The van der Waals surface area contributed by atoms with E-state index in [1.807, 2.05) is 31.4 Å². The van der Waals surface area contributed by atoms with E-state index in [0.29, 0.717) is 17.2 Å². The molecule has 0 aliphatic carbocycles. The fourth-order valence-electron chi connectivity index (χ4n) is 2.73. The number of ether oxygens (including phenoxy) is 1. The van der Waals surface area contributed by atoms with Crippen LogP contribution in [0.3, 0.4) is 0 Å². The molecule has 0 aliphatic heterocycles. The highest BCUT2D eigenvalue weighted by Crippen LogP contribution is 2.33. The molecule has 0 saturated carbocycles. The van der Waals surface area contributed by atoms with Crippen molar-refractivity contribution in [3.05, 3.63) is 49.1 Å². The molecule has 0 radical (unpaired) electrons.